The first-order valence-electron chi connectivity index (χ1n) is 12.3. The number of rotatable bonds is 10. The van der Waals surface area contributed by atoms with Crippen molar-refractivity contribution in [3.8, 4) is 6.07 Å². The van der Waals surface area contributed by atoms with Crippen molar-refractivity contribution in [3.05, 3.63) is 69.7 Å². The lowest BCUT2D eigenvalue weighted by Gasteiger charge is -2.48. The summed E-state index contributed by atoms with van der Waals surface area (Å²) in [5, 5.41) is 20.2. The van der Waals surface area contributed by atoms with Crippen LogP contribution >= 0.6 is 23.2 Å². The first kappa shape index (κ1) is 26.5. The van der Waals surface area contributed by atoms with Gasteiger partial charge in [-0.05, 0) is 61.1 Å². The maximum absolute atomic E-state index is 13.9. The topological polar surface area (TPSA) is 90.6 Å². The van der Waals surface area contributed by atoms with Gasteiger partial charge in [-0.25, -0.2) is 0 Å². The molecule has 1 aliphatic heterocycles. The van der Waals surface area contributed by atoms with Crippen molar-refractivity contribution < 1.29 is 19.4 Å². The second-order valence-corrected chi connectivity index (χ2v) is 10.8. The average molecular weight is 529 g/mol. The average Bonchev–Trinajstić information content (AvgIpc) is 3.64. The maximum Gasteiger partial charge on any atom is 0.304 e. The third-order valence-electron chi connectivity index (χ3n) is 7.38. The number of aliphatic carboxylic acids is 1. The van der Waals surface area contributed by atoms with Gasteiger partial charge in [0.05, 0.1) is 43.2 Å². The number of ether oxygens (including phenoxy) is 1. The van der Waals surface area contributed by atoms with Crippen molar-refractivity contribution in [2.75, 3.05) is 13.2 Å². The molecule has 190 valence electrons. The van der Waals surface area contributed by atoms with Gasteiger partial charge in [0.25, 0.3) is 0 Å². The molecule has 0 aromatic heterocycles. The summed E-state index contributed by atoms with van der Waals surface area (Å²) in [6, 6.07) is 16.7. The van der Waals surface area contributed by atoms with Crippen LogP contribution in [0.1, 0.15) is 62.1 Å². The fourth-order valence-electron chi connectivity index (χ4n) is 5.20. The van der Waals surface area contributed by atoms with E-state index in [1.165, 1.54) is 0 Å². The standard InChI is InChI=1S/C28H30Cl2N2O4/c1-2-23(15-36-17-28(16-31)10-11-28)32-26(18-6-8-21(29)9-7-18)24(19-4-3-5-22(30)12-19)13-20(27(32)35)14-25(33)34/h3-9,12,20,23-24,26H,2,10-11,13-15,17H2,1H3,(H,33,34). The van der Waals surface area contributed by atoms with E-state index in [2.05, 4.69) is 6.07 Å². The second-order valence-electron chi connectivity index (χ2n) is 9.90. The highest BCUT2D eigenvalue weighted by molar-refractivity contribution is 6.30. The van der Waals surface area contributed by atoms with Crippen LogP contribution in [0.3, 0.4) is 0 Å². The Kier molecular flexibility index (Phi) is 8.24. The van der Waals surface area contributed by atoms with Crippen LogP contribution in [0.5, 0.6) is 0 Å². The Balaban J connectivity index is 1.74. The van der Waals surface area contributed by atoms with Crippen LogP contribution in [-0.4, -0.2) is 41.1 Å². The third-order valence-corrected chi connectivity index (χ3v) is 7.86. The van der Waals surface area contributed by atoms with Crippen molar-refractivity contribution in [2.45, 2.75) is 57.0 Å². The van der Waals surface area contributed by atoms with Gasteiger partial charge < -0.3 is 14.7 Å². The van der Waals surface area contributed by atoms with Crippen LogP contribution in [0, 0.1) is 22.7 Å². The molecule has 1 amide bonds. The molecule has 2 aliphatic rings. The highest BCUT2D eigenvalue weighted by Crippen LogP contribution is 2.48. The quantitative estimate of drug-likeness (QED) is 0.394. The van der Waals surface area contributed by atoms with Crippen molar-refractivity contribution in [3.63, 3.8) is 0 Å². The first-order chi connectivity index (χ1) is 17.3. The number of hydrogen-bond donors (Lipinski definition) is 1. The maximum atomic E-state index is 13.9. The normalized spacial score (nSPS) is 23.7. The lowest BCUT2D eigenvalue weighted by atomic mass is 9.74. The van der Waals surface area contributed by atoms with Crippen molar-refractivity contribution in [1.29, 1.82) is 5.26 Å². The number of nitrogens with zero attached hydrogens (tertiary/aromatic N) is 2. The van der Waals surface area contributed by atoms with Gasteiger partial charge in [-0.1, -0.05) is 54.4 Å². The highest BCUT2D eigenvalue weighted by Gasteiger charge is 2.47. The fraction of sp³-hybridized carbons (Fsp3) is 0.464. The number of nitriles is 1. The Labute approximate surface area is 221 Å². The van der Waals surface area contributed by atoms with Crippen molar-refractivity contribution in [2.24, 2.45) is 11.3 Å². The fourth-order valence-corrected chi connectivity index (χ4v) is 5.52. The summed E-state index contributed by atoms with van der Waals surface area (Å²) in [4.78, 5) is 27.4. The minimum absolute atomic E-state index is 0.171. The number of piperidine rings is 1. The van der Waals surface area contributed by atoms with Crippen LogP contribution in [0.25, 0.3) is 0 Å². The summed E-state index contributed by atoms with van der Waals surface area (Å²) in [6.07, 6.45) is 2.43. The van der Waals surface area contributed by atoms with E-state index in [0.29, 0.717) is 29.5 Å². The predicted octanol–water partition coefficient (Wildman–Crippen LogP) is 6.24. The molecule has 8 heteroatoms. The van der Waals surface area contributed by atoms with Crippen molar-refractivity contribution >= 4 is 35.1 Å². The van der Waals surface area contributed by atoms with E-state index in [4.69, 9.17) is 27.9 Å². The smallest absolute Gasteiger partial charge is 0.304 e. The Morgan fingerprint density at radius 1 is 1.19 bits per heavy atom. The van der Waals surface area contributed by atoms with Crippen LogP contribution < -0.4 is 0 Å². The summed E-state index contributed by atoms with van der Waals surface area (Å²) >= 11 is 12.5. The zero-order chi connectivity index (χ0) is 25.9. The van der Waals surface area contributed by atoms with Crippen LogP contribution in [0.15, 0.2) is 48.5 Å². The van der Waals surface area contributed by atoms with Crippen LogP contribution in [-0.2, 0) is 14.3 Å². The SMILES string of the molecule is CCC(COCC1(C#N)CC1)N1C(=O)C(CC(=O)O)CC(c2cccc(Cl)c2)C1c1ccc(Cl)cc1. The molecule has 2 aromatic carbocycles. The number of hydrogen-bond acceptors (Lipinski definition) is 4. The molecule has 2 aromatic rings. The molecule has 1 aliphatic carbocycles. The van der Waals surface area contributed by atoms with Gasteiger partial charge in [0, 0.05) is 21.9 Å². The molecule has 4 rings (SSSR count). The van der Waals surface area contributed by atoms with E-state index >= 15 is 0 Å². The highest BCUT2D eigenvalue weighted by atomic mass is 35.5. The van der Waals surface area contributed by atoms with E-state index in [-0.39, 0.29) is 36.9 Å². The number of halogens is 2. The molecule has 2 fully saturated rings. The molecule has 4 atom stereocenters. The summed E-state index contributed by atoms with van der Waals surface area (Å²) in [5.74, 6) is -2.03. The number of carbonyl (C=O) groups is 2. The lowest BCUT2D eigenvalue weighted by Crippen LogP contribution is -2.53. The number of benzene rings is 2. The van der Waals surface area contributed by atoms with Gasteiger partial charge in [-0.2, -0.15) is 5.26 Å². The Bertz CT molecular complexity index is 1140. The Morgan fingerprint density at radius 3 is 2.50 bits per heavy atom. The monoisotopic (exact) mass is 528 g/mol. The van der Waals surface area contributed by atoms with Crippen molar-refractivity contribution in [1.82, 2.24) is 4.90 Å². The van der Waals surface area contributed by atoms with E-state index in [0.717, 1.165) is 24.0 Å². The molecule has 0 radical (unpaired) electrons. The molecule has 36 heavy (non-hydrogen) atoms. The van der Waals surface area contributed by atoms with Crippen LogP contribution in [0.2, 0.25) is 10.0 Å². The van der Waals surface area contributed by atoms with Gasteiger partial charge in [0.2, 0.25) is 5.91 Å². The van der Waals surface area contributed by atoms with E-state index in [1.54, 1.807) is 18.2 Å². The number of carboxylic acid groups (broad SMARTS) is 1. The Hall–Kier alpha value is -2.59. The minimum atomic E-state index is -1.00. The first-order valence-corrected chi connectivity index (χ1v) is 13.1. The molecule has 0 spiro atoms. The largest absolute Gasteiger partial charge is 0.481 e. The second kappa shape index (κ2) is 11.2. The number of amides is 1. The molecule has 1 heterocycles. The molecule has 6 nitrogen and oxygen atoms in total. The summed E-state index contributed by atoms with van der Waals surface area (Å²) in [7, 11) is 0. The molecule has 4 unspecified atom stereocenters. The van der Waals surface area contributed by atoms with E-state index < -0.39 is 17.3 Å². The van der Waals surface area contributed by atoms with E-state index in [9.17, 15) is 20.0 Å². The lowest BCUT2D eigenvalue weighted by molar-refractivity contribution is -0.154. The number of carboxylic acids is 1. The van der Waals surface area contributed by atoms with Gasteiger partial charge in [0.1, 0.15) is 0 Å². The zero-order valence-corrected chi connectivity index (χ0v) is 21.7. The summed E-state index contributed by atoms with van der Waals surface area (Å²) < 4.78 is 6.01. The van der Waals surface area contributed by atoms with E-state index in [1.807, 2.05) is 42.2 Å². The summed E-state index contributed by atoms with van der Waals surface area (Å²) in [6.45, 7) is 2.61. The number of likely N-dealkylation sites (tertiary alicyclic amines) is 1. The third kappa shape index (κ3) is 5.86. The molecular formula is C28H30Cl2N2O4. The minimum Gasteiger partial charge on any atom is -0.481 e. The van der Waals surface area contributed by atoms with Crippen LogP contribution in [0.4, 0.5) is 0 Å². The van der Waals surface area contributed by atoms with Gasteiger partial charge in [-0.15, -0.1) is 0 Å². The van der Waals surface area contributed by atoms with Gasteiger partial charge in [-0.3, -0.25) is 9.59 Å². The molecule has 1 saturated heterocycles. The predicted molar refractivity (Wildman–Crippen MR) is 138 cm³/mol. The molecule has 1 saturated carbocycles. The Morgan fingerprint density at radius 2 is 1.92 bits per heavy atom. The number of carbonyl (C=O) groups excluding carboxylic acids is 1. The molecular weight excluding hydrogens is 499 g/mol. The zero-order valence-electron chi connectivity index (χ0n) is 20.2. The molecule has 0 bridgehead atoms. The van der Waals surface area contributed by atoms with Gasteiger partial charge in [0.15, 0.2) is 0 Å². The molecule has 1 N–H and O–H groups in total. The summed E-state index contributed by atoms with van der Waals surface area (Å²) in [5.41, 5.74) is 1.46. The van der Waals surface area contributed by atoms with Gasteiger partial charge >= 0.3 is 5.97 Å².